The van der Waals surface area contributed by atoms with E-state index in [1.807, 2.05) is 30.9 Å². The van der Waals surface area contributed by atoms with Crippen LogP contribution in [0.2, 0.25) is 0 Å². The lowest BCUT2D eigenvalue weighted by molar-refractivity contribution is -0.139. The summed E-state index contributed by atoms with van der Waals surface area (Å²) in [6.45, 7) is 6.79. The van der Waals surface area contributed by atoms with Crippen LogP contribution in [0.3, 0.4) is 0 Å². The van der Waals surface area contributed by atoms with Gasteiger partial charge in [-0.05, 0) is 39.0 Å². The van der Waals surface area contributed by atoms with E-state index in [1.165, 1.54) is 0 Å². The van der Waals surface area contributed by atoms with Crippen LogP contribution < -0.4 is 0 Å². The maximum Gasteiger partial charge on any atom is 0.347 e. The molecule has 4 heterocycles. The molecule has 0 saturated carbocycles. The van der Waals surface area contributed by atoms with Gasteiger partial charge in [0.05, 0.1) is 18.8 Å². The number of hydrogen-bond acceptors (Lipinski definition) is 7. The molecule has 2 atom stereocenters. The number of allylic oxidation sites excluding steroid dienone is 1. The van der Waals surface area contributed by atoms with E-state index in [-0.39, 0.29) is 36.0 Å². The molecule has 0 aromatic carbocycles. The van der Waals surface area contributed by atoms with Crippen molar-refractivity contribution >= 4 is 28.9 Å². The van der Waals surface area contributed by atoms with E-state index in [1.54, 1.807) is 25.4 Å². The summed E-state index contributed by atoms with van der Waals surface area (Å²) in [4.78, 5) is 34.8. The van der Waals surface area contributed by atoms with Crippen LogP contribution in [0, 0.1) is 0 Å². The zero-order chi connectivity index (χ0) is 20.5. The van der Waals surface area contributed by atoms with Crippen LogP contribution in [-0.2, 0) is 23.8 Å². The van der Waals surface area contributed by atoms with Crippen molar-refractivity contribution in [2.45, 2.75) is 33.0 Å². The maximum absolute atomic E-state index is 13.1. The van der Waals surface area contributed by atoms with Crippen molar-refractivity contribution < 1.29 is 23.8 Å². The molecule has 2 aromatic heterocycles. The van der Waals surface area contributed by atoms with Crippen LogP contribution in [0.25, 0.3) is 17.1 Å². The normalized spacial score (nSPS) is 23.8. The summed E-state index contributed by atoms with van der Waals surface area (Å²) in [5.74, 6) is -0.842. The third-order valence-electron chi connectivity index (χ3n) is 4.83. The van der Waals surface area contributed by atoms with Crippen molar-refractivity contribution in [2.24, 2.45) is 0 Å². The molecule has 0 amide bonds. The summed E-state index contributed by atoms with van der Waals surface area (Å²) in [7, 11) is 0. The number of morpholine rings is 1. The highest BCUT2D eigenvalue weighted by atomic mass is 16.5. The van der Waals surface area contributed by atoms with Crippen molar-refractivity contribution in [1.29, 1.82) is 0 Å². The number of H-pyrrole nitrogens is 1. The monoisotopic (exact) mass is 397 g/mol. The van der Waals surface area contributed by atoms with Crippen molar-refractivity contribution in [1.82, 2.24) is 14.9 Å². The standard InChI is InChI=1S/C21H23N3O5/c1-4-27-21(26)17-18(25)16(8-14-9-23-19-15(14)6-5-7-22-19)29-20(17)24-10-12(2)28-13(3)11-24/h5-9,12-13H,4,10-11H2,1-3H3,(H,22,23)/b16-8-/t12-,13+. The van der Waals surface area contributed by atoms with E-state index in [4.69, 9.17) is 14.2 Å². The van der Waals surface area contributed by atoms with Crippen LogP contribution in [0.1, 0.15) is 26.3 Å². The lowest BCUT2D eigenvalue weighted by Gasteiger charge is -2.36. The number of hydrogen-bond donors (Lipinski definition) is 1. The summed E-state index contributed by atoms with van der Waals surface area (Å²) in [6, 6.07) is 3.72. The lowest BCUT2D eigenvalue weighted by Crippen LogP contribution is -2.45. The van der Waals surface area contributed by atoms with Gasteiger partial charge >= 0.3 is 5.97 Å². The molecular weight excluding hydrogens is 374 g/mol. The van der Waals surface area contributed by atoms with Gasteiger partial charge in [-0.15, -0.1) is 0 Å². The molecule has 0 bridgehead atoms. The minimum atomic E-state index is -0.678. The average Bonchev–Trinajstić information content (AvgIpc) is 3.23. The van der Waals surface area contributed by atoms with E-state index in [9.17, 15) is 9.59 Å². The Bertz CT molecular complexity index is 1010. The van der Waals surface area contributed by atoms with Crippen molar-refractivity contribution in [3.63, 3.8) is 0 Å². The fourth-order valence-corrected chi connectivity index (χ4v) is 3.70. The Morgan fingerprint density at radius 3 is 2.86 bits per heavy atom. The number of carbonyl (C=O) groups excluding carboxylic acids is 2. The number of aromatic nitrogens is 2. The lowest BCUT2D eigenvalue weighted by atomic mass is 10.1. The number of aromatic amines is 1. The Hall–Kier alpha value is -3.13. The Morgan fingerprint density at radius 1 is 1.38 bits per heavy atom. The van der Waals surface area contributed by atoms with Gasteiger partial charge in [0.1, 0.15) is 5.65 Å². The first-order valence-electron chi connectivity index (χ1n) is 9.66. The summed E-state index contributed by atoms with van der Waals surface area (Å²) >= 11 is 0. The van der Waals surface area contributed by atoms with Crippen LogP contribution in [-0.4, -0.2) is 58.5 Å². The Balaban J connectivity index is 1.71. The summed E-state index contributed by atoms with van der Waals surface area (Å²) in [5, 5.41) is 0.858. The number of esters is 1. The van der Waals surface area contributed by atoms with Gasteiger partial charge < -0.3 is 24.1 Å². The Morgan fingerprint density at radius 2 is 2.14 bits per heavy atom. The van der Waals surface area contributed by atoms with Crippen molar-refractivity contribution in [3.05, 3.63) is 47.3 Å². The molecule has 8 heteroatoms. The van der Waals surface area contributed by atoms with Gasteiger partial charge in [-0.3, -0.25) is 4.79 Å². The van der Waals surface area contributed by atoms with Gasteiger partial charge in [0.25, 0.3) is 0 Å². The topological polar surface area (TPSA) is 93.8 Å². The first-order chi connectivity index (χ1) is 14.0. The second-order valence-corrected chi connectivity index (χ2v) is 7.15. The fraction of sp³-hybridized carbons (Fsp3) is 0.381. The molecule has 0 aliphatic carbocycles. The Labute approximate surface area is 168 Å². The number of ketones is 1. The smallest absolute Gasteiger partial charge is 0.347 e. The summed E-state index contributed by atoms with van der Waals surface area (Å²) in [5.41, 5.74) is 1.39. The van der Waals surface area contributed by atoms with Gasteiger partial charge in [0.15, 0.2) is 11.3 Å². The second kappa shape index (κ2) is 7.71. The minimum Gasteiger partial charge on any atom is -0.462 e. The number of nitrogens with zero attached hydrogens (tertiary/aromatic N) is 2. The largest absolute Gasteiger partial charge is 0.462 e. The molecule has 1 fully saturated rings. The molecule has 152 valence electrons. The minimum absolute atomic E-state index is 0.0545. The average molecular weight is 397 g/mol. The third-order valence-corrected chi connectivity index (χ3v) is 4.83. The zero-order valence-corrected chi connectivity index (χ0v) is 16.6. The number of pyridine rings is 1. The predicted octanol–water partition coefficient (Wildman–Crippen LogP) is 2.39. The van der Waals surface area contributed by atoms with E-state index >= 15 is 0 Å². The molecule has 1 N–H and O–H groups in total. The quantitative estimate of drug-likeness (QED) is 0.481. The third kappa shape index (κ3) is 3.63. The van der Waals surface area contributed by atoms with Crippen molar-refractivity contribution in [2.75, 3.05) is 19.7 Å². The Kier molecular flexibility index (Phi) is 5.10. The number of Topliss-reactive ketones (excluding diaryl/α,β-unsaturated/α-hetero) is 1. The molecular formula is C21H23N3O5. The highest BCUT2D eigenvalue weighted by Gasteiger charge is 2.41. The van der Waals surface area contributed by atoms with Crippen LogP contribution in [0.5, 0.6) is 0 Å². The summed E-state index contributed by atoms with van der Waals surface area (Å²) in [6.07, 6.45) is 4.96. The van der Waals surface area contributed by atoms with Gasteiger partial charge in [-0.25, -0.2) is 9.78 Å². The molecule has 2 aromatic rings. The van der Waals surface area contributed by atoms with Gasteiger partial charge in [0.2, 0.25) is 11.7 Å². The van der Waals surface area contributed by atoms with E-state index < -0.39 is 11.8 Å². The molecule has 2 aliphatic heterocycles. The first kappa shape index (κ1) is 19.2. The summed E-state index contributed by atoms with van der Waals surface area (Å²) < 4.78 is 16.8. The predicted molar refractivity (Wildman–Crippen MR) is 105 cm³/mol. The highest BCUT2D eigenvalue weighted by molar-refractivity contribution is 6.26. The molecule has 2 aliphatic rings. The zero-order valence-electron chi connectivity index (χ0n) is 16.6. The molecule has 0 radical (unpaired) electrons. The van der Waals surface area contributed by atoms with E-state index in [2.05, 4.69) is 9.97 Å². The van der Waals surface area contributed by atoms with Gasteiger partial charge in [0, 0.05) is 36.4 Å². The van der Waals surface area contributed by atoms with Crippen LogP contribution in [0.4, 0.5) is 0 Å². The van der Waals surface area contributed by atoms with Gasteiger partial charge in [-0.1, -0.05) is 0 Å². The van der Waals surface area contributed by atoms with E-state index in [0.29, 0.717) is 18.7 Å². The first-order valence-corrected chi connectivity index (χ1v) is 9.66. The number of fused-ring (bicyclic) bond motifs is 1. The van der Waals surface area contributed by atoms with Crippen molar-refractivity contribution in [3.8, 4) is 0 Å². The number of nitrogens with one attached hydrogen (secondary N) is 1. The molecule has 1 saturated heterocycles. The molecule has 29 heavy (non-hydrogen) atoms. The molecule has 0 unspecified atom stereocenters. The number of rotatable bonds is 4. The van der Waals surface area contributed by atoms with Crippen LogP contribution >= 0.6 is 0 Å². The fourth-order valence-electron chi connectivity index (χ4n) is 3.70. The molecule has 8 nitrogen and oxygen atoms in total. The molecule has 4 rings (SSSR count). The SMILES string of the molecule is CCOC(=O)C1=C(N2C[C@@H](C)O[C@@H](C)C2)O/C(=C\c2c[nH]c3ncccc23)C1=O. The van der Waals surface area contributed by atoms with Crippen LogP contribution in [0.15, 0.2) is 41.7 Å². The highest BCUT2D eigenvalue weighted by Crippen LogP contribution is 2.32. The number of carbonyl (C=O) groups is 2. The molecule has 0 spiro atoms. The maximum atomic E-state index is 13.1. The van der Waals surface area contributed by atoms with E-state index in [0.717, 1.165) is 10.9 Å². The van der Waals surface area contributed by atoms with Gasteiger partial charge in [-0.2, -0.15) is 0 Å². The number of ether oxygens (including phenoxy) is 3. The second-order valence-electron chi connectivity index (χ2n) is 7.15.